The number of amides is 1. The lowest BCUT2D eigenvalue weighted by Gasteiger charge is -2.36. The minimum atomic E-state index is -0.634. The van der Waals surface area contributed by atoms with Gasteiger partial charge in [-0.2, -0.15) is 4.73 Å². The largest absolute Gasteiger partial charge is 0.618 e. The van der Waals surface area contributed by atoms with Crippen molar-refractivity contribution in [2.75, 3.05) is 11.1 Å². The normalized spacial score (nSPS) is 17.9. The summed E-state index contributed by atoms with van der Waals surface area (Å²) in [7, 11) is 0. The topological polar surface area (TPSA) is 94.7 Å². The first kappa shape index (κ1) is 36.9. The summed E-state index contributed by atoms with van der Waals surface area (Å²) in [6, 6.07) is 20.9. The van der Waals surface area contributed by atoms with E-state index in [4.69, 9.17) is 9.47 Å². The van der Waals surface area contributed by atoms with Crippen molar-refractivity contribution >= 4 is 23.4 Å². The van der Waals surface area contributed by atoms with Crippen LogP contribution in [0.2, 0.25) is 0 Å². The molecule has 4 rings (SSSR count). The number of ether oxygens (including phenoxy) is 2. The van der Waals surface area contributed by atoms with Crippen LogP contribution < -0.4 is 10.0 Å². The number of aromatic nitrogens is 1. The Labute approximate surface area is 286 Å². The second-order valence-electron chi connectivity index (χ2n) is 12.7. The Kier molecular flexibility index (Phi) is 16.6. The summed E-state index contributed by atoms with van der Waals surface area (Å²) in [5.41, 5.74) is 3.41. The lowest BCUT2D eigenvalue weighted by Crippen LogP contribution is -2.32. The molecule has 0 saturated carbocycles. The Morgan fingerprint density at radius 3 is 2.19 bits per heavy atom. The van der Waals surface area contributed by atoms with Gasteiger partial charge in [0.15, 0.2) is 12.5 Å². The number of hydrogen-bond acceptors (Lipinski definition) is 6. The molecule has 0 spiro atoms. The first-order valence-corrected chi connectivity index (χ1v) is 18.8. The molecule has 0 aliphatic carbocycles. The standard InChI is InChI=1S/C39H54N2O5S/c1-2-3-4-5-6-7-8-9-10-11-12-13-14-20-37(43)40-34-19-17-18-33(27-34)39-45-35(30-47-38-21-15-16-26-41(38)44)28-36(46-39)32-24-22-31(29-42)23-25-32/h15-19,21-27,35-36,39,42H,2-14,20,28-30H2,1H3,(H,40,43). The molecule has 0 radical (unpaired) electrons. The molecule has 3 aromatic rings. The zero-order valence-electron chi connectivity index (χ0n) is 28.1. The van der Waals surface area contributed by atoms with E-state index in [0.29, 0.717) is 23.6 Å². The van der Waals surface area contributed by atoms with E-state index in [1.54, 1.807) is 6.07 Å². The molecule has 2 aromatic carbocycles. The van der Waals surface area contributed by atoms with Crippen LogP contribution in [0.25, 0.3) is 0 Å². The lowest BCUT2D eigenvalue weighted by molar-refractivity contribution is -0.645. The maximum atomic E-state index is 12.8. The van der Waals surface area contributed by atoms with Gasteiger partial charge >= 0.3 is 0 Å². The molecule has 1 aliphatic heterocycles. The minimum Gasteiger partial charge on any atom is -0.618 e. The van der Waals surface area contributed by atoms with Crippen LogP contribution in [0.5, 0.6) is 0 Å². The summed E-state index contributed by atoms with van der Waals surface area (Å²) in [5, 5.41) is 25.4. The van der Waals surface area contributed by atoms with Crippen LogP contribution in [0.4, 0.5) is 5.69 Å². The minimum absolute atomic E-state index is 0.0130. The van der Waals surface area contributed by atoms with E-state index >= 15 is 0 Å². The fourth-order valence-electron chi connectivity index (χ4n) is 6.02. The van der Waals surface area contributed by atoms with Gasteiger partial charge < -0.3 is 25.1 Å². The summed E-state index contributed by atoms with van der Waals surface area (Å²) in [5.74, 6) is 0.619. The summed E-state index contributed by atoms with van der Waals surface area (Å²) in [4.78, 5) is 12.8. The quantitative estimate of drug-likeness (QED) is 0.0511. The second-order valence-corrected chi connectivity index (χ2v) is 13.7. The number of aliphatic hydroxyl groups excluding tert-OH is 1. The fourth-order valence-corrected chi connectivity index (χ4v) is 6.95. The number of anilines is 1. The van der Waals surface area contributed by atoms with Crippen molar-refractivity contribution in [2.24, 2.45) is 0 Å². The molecule has 1 aromatic heterocycles. The van der Waals surface area contributed by atoms with Crippen molar-refractivity contribution in [3.05, 3.63) is 94.8 Å². The molecule has 7 nitrogen and oxygen atoms in total. The van der Waals surface area contributed by atoms with Crippen LogP contribution in [0, 0.1) is 5.21 Å². The number of rotatable bonds is 21. The number of pyridine rings is 1. The SMILES string of the molecule is CCCCCCCCCCCCCCCC(=O)Nc1cccc(C2OC(CSc3cccc[n+]3[O-])CC(c3ccc(CO)cc3)O2)c1. The molecule has 8 heteroatoms. The zero-order valence-corrected chi connectivity index (χ0v) is 28.9. The van der Waals surface area contributed by atoms with Crippen molar-refractivity contribution in [1.82, 2.24) is 0 Å². The third-order valence-electron chi connectivity index (χ3n) is 8.77. The van der Waals surface area contributed by atoms with Crippen LogP contribution >= 0.6 is 11.8 Å². The third kappa shape index (κ3) is 13.3. The molecule has 3 unspecified atom stereocenters. The fraction of sp³-hybridized carbons (Fsp3) is 0.538. The van der Waals surface area contributed by atoms with Gasteiger partial charge in [0.1, 0.15) is 0 Å². The highest BCUT2D eigenvalue weighted by Gasteiger charge is 2.33. The molecule has 2 heterocycles. The highest BCUT2D eigenvalue weighted by Crippen LogP contribution is 2.39. The Hall–Kier alpha value is -2.91. The van der Waals surface area contributed by atoms with Crippen molar-refractivity contribution < 1.29 is 24.1 Å². The predicted octanol–water partition coefficient (Wildman–Crippen LogP) is 9.57. The monoisotopic (exact) mass is 662 g/mol. The first-order chi connectivity index (χ1) is 23.1. The summed E-state index contributed by atoms with van der Waals surface area (Å²) >= 11 is 1.46. The van der Waals surface area contributed by atoms with Gasteiger partial charge in [0.2, 0.25) is 5.91 Å². The molecule has 3 atom stereocenters. The van der Waals surface area contributed by atoms with Crippen molar-refractivity contribution in [3.63, 3.8) is 0 Å². The molecule has 1 fully saturated rings. The van der Waals surface area contributed by atoms with Gasteiger partial charge in [-0.25, -0.2) is 0 Å². The first-order valence-electron chi connectivity index (χ1n) is 17.8. The highest BCUT2D eigenvalue weighted by atomic mass is 32.2. The van der Waals surface area contributed by atoms with Gasteiger partial charge in [0, 0.05) is 42.0 Å². The second kappa shape index (κ2) is 21.1. The number of aliphatic hydroxyl groups is 1. The maximum Gasteiger partial charge on any atom is 0.251 e. The molecule has 1 saturated heterocycles. The average molecular weight is 663 g/mol. The van der Waals surface area contributed by atoms with Crippen LogP contribution in [0.3, 0.4) is 0 Å². The Morgan fingerprint density at radius 2 is 1.53 bits per heavy atom. The highest BCUT2D eigenvalue weighted by molar-refractivity contribution is 7.99. The van der Waals surface area contributed by atoms with Gasteiger partial charge in [-0.15, -0.1) is 0 Å². The molecular weight excluding hydrogens is 609 g/mol. The van der Waals surface area contributed by atoms with Gasteiger partial charge in [-0.1, -0.05) is 132 Å². The number of unbranched alkanes of at least 4 members (excludes halogenated alkanes) is 12. The van der Waals surface area contributed by atoms with E-state index in [9.17, 15) is 15.1 Å². The van der Waals surface area contributed by atoms with Crippen LogP contribution in [0.15, 0.2) is 78.0 Å². The molecule has 256 valence electrons. The molecule has 1 amide bonds. The van der Waals surface area contributed by atoms with Crippen molar-refractivity contribution in [2.45, 2.75) is 133 Å². The van der Waals surface area contributed by atoms with E-state index < -0.39 is 6.29 Å². The average Bonchev–Trinajstić information content (AvgIpc) is 3.10. The van der Waals surface area contributed by atoms with E-state index in [-0.39, 0.29) is 24.7 Å². The van der Waals surface area contributed by atoms with E-state index in [2.05, 4.69) is 12.2 Å². The van der Waals surface area contributed by atoms with Crippen molar-refractivity contribution in [3.8, 4) is 0 Å². The third-order valence-corrected chi connectivity index (χ3v) is 9.92. The Morgan fingerprint density at radius 1 is 0.851 bits per heavy atom. The lowest BCUT2D eigenvalue weighted by atomic mass is 10.0. The van der Waals surface area contributed by atoms with Crippen molar-refractivity contribution in [1.29, 1.82) is 0 Å². The van der Waals surface area contributed by atoms with Crippen LogP contribution in [-0.4, -0.2) is 22.9 Å². The van der Waals surface area contributed by atoms with Crippen LogP contribution in [-0.2, 0) is 20.9 Å². The number of carbonyl (C=O) groups is 1. The van der Waals surface area contributed by atoms with E-state index in [0.717, 1.165) is 39.9 Å². The van der Waals surface area contributed by atoms with E-state index in [1.807, 2.05) is 60.7 Å². The number of carbonyl (C=O) groups excluding carboxylic acids is 1. The number of hydrogen-bond donors (Lipinski definition) is 2. The maximum absolute atomic E-state index is 12.8. The van der Waals surface area contributed by atoms with Gasteiger partial charge in [-0.05, 0) is 35.7 Å². The van der Waals surface area contributed by atoms with Gasteiger partial charge in [0.05, 0.1) is 18.8 Å². The van der Waals surface area contributed by atoms with Gasteiger partial charge in [0.25, 0.3) is 5.03 Å². The zero-order chi connectivity index (χ0) is 33.1. The summed E-state index contributed by atoms with van der Waals surface area (Å²) in [6.45, 7) is 2.25. The molecular formula is C39H54N2O5S. The molecule has 0 bridgehead atoms. The van der Waals surface area contributed by atoms with Gasteiger partial charge in [-0.3, -0.25) is 4.79 Å². The number of nitrogens with one attached hydrogen (secondary N) is 1. The Bertz CT molecular complexity index is 1320. The number of nitrogens with zero attached hydrogens (tertiary/aromatic N) is 1. The predicted molar refractivity (Wildman–Crippen MR) is 190 cm³/mol. The Balaban J connectivity index is 1.24. The summed E-state index contributed by atoms with van der Waals surface area (Å²) in [6.07, 6.45) is 18.3. The molecule has 2 N–H and O–H groups in total. The smallest absolute Gasteiger partial charge is 0.251 e. The van der Waals surface area contributed by atoms with Crippen LogP contribution in [0.1, 0.15) is 132 Å². The summed E-state index contributed by atoms with van der Waals surface area (Å²) < 4.78 is 13.8. The molecule has 1 aliphatic rings. The number of benzene rings is 2. The molecule has 47 heavy (non-hydrogen) atoms. The van der Waals surface area contributed by atoms with E-state index in [1.165, 1.54) is 88.6 Å². The number of thioether (sulfide) groups is 1.